The fourth-order valence-electron chi connectivity index (χ4n) is 2.24. The quantitative estimate of drug-likeness (QED) is 0.788. The molecule has 21 heavy (non-hydrogen) atoms. The summed E-state index contributed by atoms with van der Waals surface area (Å²) in [5.41, 5.74) is 1.29. The summed E-state index contributed by atoms with van der Waals surface area (Å²) >= 11 is 3.39. The van der Waals surface area contributed by atoms with E-state index in [9.17, 15) is 9.90 Å². The van der Waals surface area contributed by atoms with E-state index in [1.165, 1.54) is 0 Å². The molecule has 0 saturated heterocycles. The minimum absolute atomic E-state index is 0.0170. The summed E-state index contributed by atoms with van der Waals surface area (Å²) in [7, 11) is 1.57. The Morgan fingerprint density at radius 3 is 2.76 bits per heavy atom. The number of imidazole rings is 1. The second kappa shape index (κ2) is 5.21. The zero-order valence-corrected chi connectivity index (χ0v) is 12.7. The average Bonchev–Trinajstić information content (AvgIpc) is 2.85. The van der Waals surface area contributed by atoms with Crippen LogP contribution in [0.15, 0.2) is 47.1 Å². The summed E-state index contributed by atoms with van der Waals surface area (Å²) in [6.07, 6.45) is 1.79. The van der Waals surface area contributed by atoms with Gasteiger partial charge in [-0.3, -0.25) is 4.40 Å². The average molecular weight is 347 g/mol. The molecule has 3 aromatic rings. The molecule has 0 unspecified atom stereocenters. The van der Waals surface area contributed by atoms with Crippen molar-refractivity contribution in [3.63, 3.8) is 0 Å². The predicted molar refractivity (Wildman–Crippen MR) is 81.8 cm³/mol. The number of benzene rings is 1. The number of fused-ring (bicyclic) bond motifs is 1. The molecule has 0 amide bonds. The number of methoxy groups -OCH3 is 1. The zero-order chi connectivity index (χ0) is 15.0. The van der Waals surface area contributed by atoms with E-state index in [1.807, 2.05) is 24.3 Å². The van der Waals surface area contributed by atoms with Gasteiger partial charge in [-0.1, -0.05) is 12.1 Å². The summed E-state index contributed by atoms with van der Waals surface area (Å²) in [6.45, 7) is 0. The maximum Gasteiger partial charge on any atom is 0.356 e. The van der Waals surface area contributed by atoms with Gasteiger partial charge in [0.15, 0.2) is 5.69 Å². The molecular weight excluding hydrogens is 336 g/mol. The SMILES string of the molecule is COc1ccccc1-c1nc(C(=O)O)c2ccc(Br)cn12. The van der Waals surface area contributed by atoms with Crippen LogP contribution in [-0.2, 0) is 0 Å². The Labute approximate surface area is 128 Å². The number of ether oxygens (including phenoxy) is 1. The van der Waals surface area contributed by atoms with Crippen molar-refractivity contribution < 1.29 is 14.6 Å². The maximum atomic E-state index is 11.4. The predicted octanol–water partition coefficient (Wildman–Crippen LogP) is 3.47. The lowest BCUT2D eigenvalue weighted by Crippen LogP contribution is -1.97. The fraction of sp³-hybridized carbons (Fsp3) is 0.0667. The van der Waals surface area contributed by atoms with E-state index in [4.69, 9.17) is 4.74 Å². The fourth-order valence-corrected chi connectivity index (χ4v) is 2.57. The minimum Gasteiger partial charge on any atom is -0.496 e. The largest absolute Gasteiger partial charge is 0.496 e. The van der Waals surface area contributed by atoms with Crippen LogP contribution in [-0.4, -0.2) is 27.6 Å². The number of rotatable bonds is 3. The van der Waals surface area contributed by atoms with Gasteiger partial charge in [-0.05, 0) is 40.2 Å². The first-order valence-electron chi connectivity index (χ1n) is 6.16. The Morgan fingerprint density at radius 1 is 1.29 bits per heavy atom. The monoisotopic (exact) mass is 346 g/mol. The number of pyridine rings is 1. The lowest BCUT2D eigenvalue weighted by molar-refractivity contribution is 0.0693. The summed E-state index contributed by atoms with van der Waals surface area (Å²) < 4.78 is 7.91. The third kappa shape index (κ3) is 2.27. The second-order valence-electron chi connectivity index (χ2n) is 4.39. The molecule has 1 aromatic carbocycles. The zero-order valence-electron chi connectivity index (χ0n) is 11.1. The topological polar surface area (TPSA) is 63.8 Å². The van der Waals surface area contributed by atoms with E-state index in [2.05, 4.69) is 20.9 Å². The number of aromatic nitrogens is 2. The number of carboxylic acid groups (broad SMARTS) is 1. The molecule has 0 aliphatic carbocycles. The third-order valence-corrected chi connectivity index (χ3v) is 3.62. The molecule has 0 aliphatic heterocycles. The molecule has 1 N–H and O–H groups in total. The summed E-state index contributed by atoms with van der Waals surface area (Å²) in [5.74, 6) is 0.110. The molecule has 5 nitrogen and oxygen atoms in total. The van der Waals surface area contributed by atoms with Crippen molar-refractivity contribution in [2.24, 2.45) is 0 Å². The summed E-state index contributed by atoms with van der Waals surface area (Å²) in [5, 5.41) is 9.32. The van der Waals surface area contributed by atoms with Gasteiger partial charge < -0.3 is 9.84 Å². The summed E-state index contributed by atoms with van der Waals surface area (Å²) in [4.78, 5) is 15.7. The standard InChI is InChI=1S/C15H11BrN2O3/c1-21-12-5-3-2-4-10(12)14-17-13(15(19)20)11-7-6-9(16)8-18(11)14/h2-8H,1H3,(H,19,20). The highest BCUT2D eigenvalue weighted by atomic mass is 79.9. The van der Waals surface area contributed by atoms with Crippen LogP contribution < -0.4 is 4.74 Å². The molecular formula is C15H11BrN2O3. The molecule has 106 valence electrons. The molecule has 0 atom stereocenters. The number of carbonyl (C=O) groups is 1. The number of carboxylic acids is 1. The van der Waals surface area contributed by atoms with Gasteiger partial charge in [-0.2, -0.15) is 0 Å². The number of aromatic carboxylic acids is 1. The molecule has 0 spiro atoms. The Bertz CT molecular complexity index is 842. The Balaban J connectivity index is 2.37. The van der Waals surface area contributed by atoms with E-state index < -0.39 is 5.97 Å². The molecule has 2 heterocycles. The number of hydrogen-bond acceptors (Lipinski definition) is 3. The Morgan fingerprint density at radius 2 is 2.05 bits per heavy atom. The van der Waals surface area contributed by atoms with E-state index in [1.54, 1.807) is 29.8 Å². The number of hydrogen-bond donors (Lipinski definition) is 1. The van der Waals surface area contributed by atoms with Gasteiger partial charge in [0.1, 0.15) is 11.6 Å². The molecule has 0 saturated carbocycles. The molecule has 0 radical (unpaired) electrons. The molecule has 6 heteroatoms. The minimum atomic E-state index is -1.06. The van der Waals surface area contributed by atoms with E-state index in [-0.39, 0.29) is 5.69 Å². The van der Waals surface area contributed by atoms with Gasteiger partial charge in [0, 0.05) is 10.7 Å². The highest BCUT2D eigenvalue weighted by molar-refractivity contribution is 9.10. The smallest absolute Gasteiger partial charge is 0.356 e. The van der Waals surface area contributed by atoms with Crippen molar-refractivity contribution in [1.82, 2.24) is 9.38 Å². The first-order valence-corrected chi connectivity index (χ1v) is 6.95. The van der Waals surface area contributed by atoms with Gasteiger partial charge in [0.2, 0.25) is 0 Å². The molecule has 3 rings (SSSR count). The first kappa shape index (κ1) is 13.6. The first-order chi connectivity index (χ1) is 10.1. The van der Waals surface area contributed by atoms with Crippen LogP contribution in [0.5, 0.6) is 5.75 Å². The van der Waals surface area contributed by atoms with Gasteiger partial charge in [0.05, 0.1) is 18.2 Å². The number of nitrogens with zero attached hydrogens (tertiary/aromatic N) is 2. The van der Waals surface area contributed by atoms with Gasteiger partial charge in [-0.25, -0.2) is 9.78 Å². The van der Waals surface area contributed by atoms with E-state index >= 15 is 0 Å². The Kier molecular flexibility index (Phi) is 3.39. The Hall–Kier alpha value is -2.34. The highest BCUT2D eigenvalue weighted by Gasteiger charge is 2.19. The molecule has 0 bridgehead atoms. The molecule has 0 fully saturated rings. The van der Waals surface area contributed by atoms with Gasteiger partial charge >= 0.3 is 5.97 Å². The van der Waals surface area contributed by atoms with Crippen molar-refractivity contribution in [1.29, 1.82) is 0 Å². The highest BCUT2D eigenvalue weighted by Crippen LogP contribution is 2.31. The number of para-hydroxylation sites is 1. The summed E-state index contributed by atoms with van der Waals surface area (Å²) in [6, 6.07) is 10.9. The molecule has 2 aromatic heterocycles. The van der Waals surface area contributed by atoms with Crippen molar-refractivity contribution in [2.45, 2.75) is 0 Å². The van der Waals surface area contributed by atoms with Crippen LogP contribution in [0, 0.1) is 0 Å². The van der Waals surface area contributed by atoms with Crippen LogP contribution in [0.3, 0.4) is 0 Å². The van der Waals surface area contributed by atoms with E-state index in [0.29, 0.717) is 17.1 Å². The molecule has 0 aliphatic rings. The normalized spacial score (nSPS) is 10.8. The van der Waals surface area contributed by atoms with E-state index in [0.717, 1.165) is 10.0 Å². The van der Waals surface area contributed by atoms with Crippen molar-refractivity contribution in [2.75, 3.05) is 7.11 Å². The van der Waals surface area contributed by atoms with Crippen LogP contribution in [0.4, 0.5) is 0 Å². The maximum absolute atomic E-state index is 11.4. The van der Waals surface area contributed by atoms with Gasteiger partial charge in [0.25, 0.3) is 0 Å². The van der Waals surface area contributed by atoms with Crippen molar-refractivity contribution in [3.8, 4) is 17.1 Å². The van der Waals surface area contributed by atoms with Gasteiger partial charge in [-0.15, -0.1) is 0 Å². The van der Waals surface area contributed by atoms with Crippen LogP contribution in [0.25, 0.3) is 16.9 Å². The van der Waals surface area contributed by atoms with Crippen LogP contribution in [0.2, 0.25) is 0 Å². The number of halogens is 1. The lowest BCUT2D eigenvalue weighted by Gasteiger charge is -2.07. The lowest BCUT2D eigenvalue weighted by atomic mass is 10.2. The van der Waals surface area contributed by atoms with Crippen LogP contribution in [0.1, 0.15) is 10.5 Å². The van der Waals surface area contributed by atoms with Crippen LogP contribution >= 0.6 is 15.9 Å². The second-order valence-corrected chi connectivity index (χ2v) is 5.31. The van der Waals surface area contributed by atoms with Crippen molar-refractivity contribution >= 4 is 27.4 Å². The van der Waals surface area contributed by atoms with Crippen molar-refractivity contribution in [3.05, 3.63) is 52.8 Å². The third-order valence-electron chi connectivity index (χ3n) is 3.15.